The van der Waals surface area contributed by atoms with Crippen molar-refractivity contribution in [2.75, 3.05) is 0 Å². The van der Waals surface area contributed by atoms with Gasteiger partial charge in [-0.05, 0) is 12.1 Å². The molecule has 0 saturated heterocycles. The molecule has 0 aliphatic rings. The Morgan fingerprint density at radius 3 is 2.35 bits per heavy atom. The maximum atomic E-state index is 11.1. The van der Waals surface area contributed by atoms with E-state index in [9.17, 15) is 4.79 Å². The van der Waals surface area contributed by atoms with Crippen molar-refractivity contribution in [1.29, 1.82) is 0 Å². The minimum absolute atomic E-state index is 0.426. The van der Waals surface area contributed by atoms with E-state index < -0.39 is 5.91 Å². The molecule has 0 unspecified atom stereocenters. The van der Waals surface area contributed by atoms with Crippen molar-refractivity contribution in [3.8, 4) is 0 Å². The van der Waals surface area contributed by atoms with Gasteiger partial charge < -0.3 is 10.9 Å². The number of nitrogens with two attached hydrogens (primary N) is 1. The van der Waals surface area contributed by atoms with Gasteiger partial charge in [0, 0.05) is 29.3 Å². The molecule has 0 aliphatic carbocycles. The minimum atomic E-state index is -0.426. The highest BCUT2D eigenvalue weighted by molar-refractivity contribution is 5.92. The molecular weight excluding hydrogens is 328 g/mol. The monoisotopic (exact) mass is 348 g/mol. The zero-order valence-corrected chi connectivity index (χ0v) is 14.2. The van der Waals surface area contributed by atoms with Crippen LogP contribution in [0.5, 0.6) is 0 Å². The molecule has 1 amide bonds. The Morgan fingerprint density at radius 1 is 1.00 bits per heavy atom. The van der Waals surface area contributed by atoms with Crippen molar-refractivity contribution in [3.63, 3.8) is 0 Å². The first-order valence-corrected chi connectivity index (χ1v) is 8.17. The van der Waals surface area contributed by atoms with Crippen LogP contribution >= 0.6 is 0 Å². The molecule has 3 aromatic rings. The highest BCUT2D eigenvalue weighted by Gasteiger charge is 2.08. The van der Waals surface area contributed by atoms with Crippen molar-refractivity contribution in [1.82, 2.24) is 0 Å². The van der Waals surface area contributed by atoms with Gasteiger partial charge in [-0.25, -0.2) is 9.13 Å². The Bertz CT molecular complexity index is 937. The molecule has 26 heavy (non-hydrogen) atoms. The lowest BCUT2D eigenvalue weighted by atomic mass is 10.1. The van der Waals surface area contributed by atoms with Crippen molar-refractivity contribution in [2.24, 2.45) is 10.9 Å². The Hall–Kier alpha value is -3.54. The zero-order valence-electron chi connectivity index (χ0n) is 14.2. The number of primary amides is 1. The lowest BCUT2D eigenvalue weighted by Crippen LogP contribution is -2.35. The molecule has 0 atom stereocenters. The van der Waals surface area contributed by atoms with Gasteiger partial charge in [-0.15, -0.1) is 0 Å². The van der Waals surface area contributed by atoms with Crippen LogP contribution in [0, 0.1) is 0 Å². The summed E-state index contributed by atoms with van der Waals surface area (Å²) in [5, 5.41) is 11.7. The van der Waals surface area contributed by atoms with Gasteiger partial charge in [-0.3, -0.25) is 4.79 Å². The summed E-state index contributed by atoms with van der Waals surface area (Å²) in [6.45, 7) is 1.42. The van der Waals surface area contributed by atoms with Crippen LogP contribution in [0.4, 0.5) is 0 Å². The van der Waals surface area contributed by atoms with Gasteiger partial charge in [0.05, 0.1) is 17.3 Å². The summed E-state index contributed by atoms with van der Waals surface area (Å²) >= 11 is 0. The van der Waals surface area contributed by atoms with E-state index in [2.05, 4.69) is 23.4 Å². The summed E-state index contributed by atoms with van der Waals surface area (Å²) in [5.74, 6) is -0.426. The number of hydrogen-bond donors (Lipinski definition) is 2. The normalized spacial score (nSPS) is 10.9. The summed E-state index contributed by atoms with van der Waals surface area (Å²) in [6, 6.07) is 15.5. The second kappa shape index (κ2) is 8.02. The number of oxime groups is 1. The minimum Gasteiger partial charge on any atom is -0.411 e. The number of pyridine rings is 2. The van der Waals surface area contributed by atoms with E-state index >= 15 is 0 Å². The first-order valence-electron chi connectivity index (χ1n) is 8.17. The molecule has 0 fully saturated rings. The Balaban J connectivity index is 1.73. The molecular formula is C20H20N4O2+2. The molecule has 0 saturated carbocycles. The Kier molecular flexibility index (Phi) is 5.34. The zero-order chi connectivity index (χ0) is 18.4. The molecule has 3 N–H and O–H groups in total. The largest absolute Gasteiger partial charge is 0.411 e. The lowest BCUT2D eigenvalue weighted by molar-refractivity contribution is -0.689. The maximum Gasteiger partial charge on any atom is 0.249 e. The fraction of sp³-hybridized carbons (Fsp3) is 0.100. The van der Waals surface area contributed by atoms with E-state index in [0.29, 0.717) is 18.7 Å². The molecule has 0 aliphatic heterocycles. The third-order valence-electron chi connectivity index (χ3n) is 3.99. The SMILES string of the molecule is NC(=O)c1cc[n+](Cc2cccc(C[n+]3cccc(/C=N/O)c3)c2)cc1. The number of hydrogen-bond acceptors (Lipinski definition) is 3. The second-order valence-electron chi connectivity index (χ2n) is 6.00. The van der Waals surface area contributed by atoms with Gasteiger partial charge in [0.1, 0.15) is 0 Å². The molecule has 3 rings (SSSR count). The number of carbonyl (C=O) groups excluding carboxylic acids is 1. The fourth-order valence-corrected chi connectivity index (χ4v) is 2.76. The summed E-state index contributed by atoms with van der Waals surface area (Å²) in [5.41, 5.74) is 8.92. The first-order chi connectivity index (χ1) is 12.6. The highest BCUT2D eigenvalue weighted by Crippen LogP contribution is 2.05. The Labute approximate surface area is 151 Å². The van der Waals surface area contributed by atoms with Crippen LogP contribution in [-0.4, -0.2) is 17.3 Å². The Morgan fingerprint density at radius 2 is 1.69 bits per heavy atom. The molecule has 0 radical (unpaired) electrons. The molecule has 0 spiro atoms. The predicted octanol–water partition coefficient (Wildman–Crippen LogP) is 1.27. The van der Waals surface area contributed by atoms with Crippen LogP contribution in [0.3, 0.4) is 0 Å². The van der Waals surface area contributed by atoms with Gasteiger partial charge in [0.15, 0.2) is 37.9 Å². The van der Waals surface area contributed by atoms with E-state index in [4.69, 9.17) is 10.9 Å². The molecule has 130 valence electrons. The number of aromatic nitrogens is 2. The predicted molar refractivity (Wildman–Crippen MR) is 95.8 cm³/mol. The summed E-state index contributed by atoms with van der Waals surface area (Å²) in [4.78, 5) is 11.1. The molecule has 2 heterocycles. The number of amides is 1. The second-order valence-corrected chi connectivity index (χ2v) is 6.00. The van der Waals surface area contributed by atoms with Crippen molar-refractivity contribution >= 4 is 12.1 Å². The average molecular weight is 348 g/mol. The topological polar surface area (TPSA) is 83.4 Å². The van der Waals surface area contributed by atoms with Gasteiger partial charge >= 0.3 is 0 Å². The van der Waals surface area contributed by atoms with E-state index in [1.165, 1.54) is 11.8 Å². The number of benzene rings is 1. The molecule has 1 aromatic carbocycles. The molecule has 2 aromatic heterocycles. The van der Waals surface area contributed by atoms with Crippen LogP contribution in [-0.2, 0) is 13.1 Å². The van der Waals surface area contributed by atoms with Crippen LogP contribution in [0.25, 0.3) is 0 Å². The van der Waals surface area contributed by atoms with E-state index in [1.807, 2.05) is 52.1 Å². The van der Waals surface area contributed by atoms with Crippen molar-refractivity contribution in [3.05, 3.63) is 95.6 Å². The quantitative estimate of drug-likeness (QED) is 0.304. The van der Waals surface area contributed by atoms with E-state index in [1.54, 1.807) is 12.1 Å². The third kappa shape index (κ3) is 4.51. The van der Waals surface area contributed by atoms with Crippen LogP contribution < -0.4 is 14.9 Å². The highest BCUT2D eigenvalue weighted by atomic mass is 16.4. The van der Waals surface area contributed by atoms with Gasteiger partial charge in [0.25, 0.3) is 0 Å². The lowest BCUT2D eigenvalue weighted by Gasteiger charge is -2.02. The molecule has 0 bridgehead atoms. The summed E-state index contributed by atoms with van der Waals surface area (Å²) in [7, 11) is 0. The maximum absolute atomic E-state index is 11.1. The fourth-order valence-electron chi connectivity index (χ4n) is 2.76. The summed E-state index contributed by atoms with van der Waals surface area (Å²) in [6.07, 6.45) is 8.99. The van der Waals surface area contributed by atoms with E-state index in [0.717, 1.165) is 11.1 Å². The number of rotatable bonds is 6. The first kappa shape index (κ1) is 17.3. The van der Waals surface area contributed by atoms with Crippen molar-refractivity contribution in [2.45, 2.75) is 13.1 Å². The van der Waals surface area contributed by atoms with Gasteiger partial charge in [-0.2, -0.15) is 0 Å². The summed E-state index contributed by atoms with van der Waals surface area (Å²) < 4.78 is 4.03. The smallest absolute Gasteiger partial charge is 0.249 e. The third-order valence-corrected chi connectivity index (χ3v) is 3.99. The van der Waals surface area contributed by atoms with Gasteiger partial charge in [0.2, 0.25) is 5.91 Å². The van der Waals surface area contributed by atoms with Crippen LogP contribution in [0.2, 0.25) is 0 Å². The standard InChI is InChI=1S/C20H18N4O2/c21-20(25)19-6-9-23(10-7-19)13-16-3-1-4-17(11-16)14-24-8-2-5-18(15-24)12-22-26/h1-12,15H,13-14H2,(H-2,21,25,26)/p+2/b22-12+. The average Bonchev–Trinajstić information content (AvgIpc) is 2.63. The number of carbonyl (C=O) groups is 1. The number of nitrogens with zero attached hydrogens (tertiary/aromatic N) is 3. The van der Waals surface area contributed by atoms with Gasteiger partial charge in [-0.1, -0.05) is 23.4 Å². The van der Waals surface area contributed by atoms with Crippen molar-refractivity contribution < 1.29 is 19.1 Å². The van der Waals surface area contributed by atoms with E-state index in [-0.39, 0.29) is 0 Å². The molecule has 6 heteroatoms. The van der Waals surface area contributed by atoms with Crippen LogP contribution in [0.15, 0.2) is 78.5 Å². The molecule has 6 nitrogen and oxygen atoms in total. The van der Waals surface area contributed by atoms with Crippen LogP contribution in [0.1, 0.15) is 27.0 Å².